The third-order valence-electron chi connectivity index (χ3n) is 2.20. The second-order valence-corrected chi connectivity index (χ2v) is 4.11. The maximum atomic E-state index is 11.5. The van der Waals surface area contributed by atoms with Crippen LogP contribution in [-0.4, -0.2) is 44.7 Å². The highest BCUT2D eigenvalue weighted by molar-refractivity contribution is 8.93. The van der Waals surface area contributed by atoms with E-state index in [0.717, 1.165) is 25.8 Å². The lowest BCUT2D eigenvalue weighted by molar-refractivity contribution is -0.139. The van der Waals surface area contributed by atoms with Crippen molar-refractivity contribution in [2.24, 2.45) is 5.73 Å². The Morgan fingerprint density at radius 2 is 2.00 bits per heavy atom. The van der Waals surface area contributed by atoms with Crippen LogP contribution in [0.2, 0.25) is 0 Å². The molecule has 0 heterocycles. The summed E-state index contributed by atoms with van der Waals surface area (Å²) in [5, 5.41) is 0. The van der Waals surface area contributed by atoms with E-state index in [1.807, 2.05) is 25.1 Å². The van der Waals surface area contributed by atoms with Gasteiger partial charge in [0, 0.05) is 12.1 Å². The standard InChI is InChI=1S/C12H24N2O2.BrH/c1-11(7-5-4-6-8-13)12(15)16-10-9-14(2)3;/h7H,4-6,8-10,13H2,1-3H3;1H. The van der Waals surface area contributed by atoms with E-state index in [-0.39, 0.29) is 23.0 Å². The highest BCUT2D eigenvalue weighted by Crippen LogP contribution is 2.02. The number of hydrogen-bond acceptors (Lipinski definition) is 4. The molecule has 0 radical (unpaired) electrons. The van der Waals surface area contributed by atoms with E-state index in [2.05, 4.69) is 0 Å². The lowest BCUT2D eigenvalue weighted by atomic mass is 10.2. The van der Waals surface area contributed by atoms with E-state index in [1.54, 1.807) is 6.92 Å². The molecule has 0 saturated heterocycles. The highest BCUT2D eigenvalue weighted by atomic mass is 79.9. The smallest absolute Gasteiger partial charge is 0.333 e. The lowest BCUT2D eigenvalue weighted by Gasteiger charge is -2.09. The van der Waals surface area contributed by atoms with Crippen molar-refractivity contribution in [3.63, 3.8) is 0 Å². The van der Waals surface area contributed by atoms with Gasteiger partial charge in [0.05, 0.1) is 0 Å². The van der Waals surface area contributed by atoms with Crippen molar-refractivity contribution in [3.05, 3.63) is 11.6 Å². The summed E-state index contributed by atoms with van der Waals surface area (Å²) in [4.78, 5) is 13.4. The molecule has 0 rings (SSSR count). The molecule has 0 aromatic heterocycles. The predicted octanol–water partition coefficient (Wildman–Crippen LogP) is 1.74. The van der Waals surface area contributed by atoms with Gasteiger partial charge in [-0.1, -0.05) is 6.08 Å². The number of carbonyl (C=O) groups is 1. The Morgan fingerprint density at radius 3 is 2.53 bits per heavy atom. The normalized spacial score (nSPS) is 11.2. The Hall–Kier alpha value is -0.390. The molecule has 0 spiro atoms. The molecule has 0 unspecified atom stereocenters. The number of unbranched alkanes of at least 4 members (excludes halogenated alkanes) is 2. The van der Waals surface area contributed by atoms with Crippen molar-refractivity contribution in [1.82, 2.24) is 4.90 Å². The lowest BCUT2D eigenvalue weighted by Crippen LogP contribution is -2.20. The Kier molecular flexibility index (Phi) is 13.5. The van der Waals surface area contributed by atoms with Crippen molar-refractivity contribution in [1.29, 1.82) is 0 Å². The zero-order chi connectivity index (χ0) is 12.4. The number of hydrogen-bond donors (Lipinski definition) is 1. The maximum Gasteiger partial charge on any atom is 0.333 e. The molecule has 0 saturated carbocycles. The van der Waals surface area contributed by atoms with Gasteiger partial charge >= 0.3 is 5.97 Å². The van der Waals surface area contributed by atoms with E-state index in [1.165, 1.54) is 0 Å². The van der Waals surface area contributed by atoms with Gasteiger partial charge in [-0.2, -0.15) is 0 Å². The van der Waals surface area contributed by atoms with Gasteiger partial charge in [-0.25, -0.2) is 4.79 Å². The minimum Gasteiger partial charge on any atom is -0.461 e. The average molecular weight is 309 g/mol. The van der Waals surface area contributed by atoms with E-state index in [0.29, 0.717) is 18.7 Å². The van der Waals surface area contributed by atoms with Crippen molar-refractivity contribution >= 4 is 23.0 Å². The van der Waals surface area contributed by atoms with Gasteiger partial charge in [-0.3, -0.25) is 0 Å². The summed E-state index contributed by atoms with van der Waals surface area (Å²) in [6, 6.07) is 0. The van der Waals surface area contributed by atoms with E-state index in [4.69, 9.17) is 10.5 Å². The summed E-state index contributed by atoms with van der Waals surface area (Å²) in [7, 11) is 3.90. The summed E-state index contributed by atoms with van der Waals surface area (Å²) >= 11 is 0. The fraction of sp³-hybridized carbons (Fsp3) is 0.750. The molecule has 4 nitrogen and oxygen atoms in total. The fourth-order valence-electron chi connectivity index (χ4n) is 1.13. The average Bonchev–Trinajstić information content (AvgIpc) is 2.23. The van der Waals surface area contributed by atoms with E-state index >= 15 is 0 Å². The number of carbonyl (C=O) groups excluding carboxylic acids is 1. The minimum atomic E-state index is -0.213. The van der Waals surface area contributed by atoms with Gasteiger partial charge in [-0.15, -0.1) is 17.0 Å². The molecule has 102 valence electrons. The first-order valence-corrected chi connectivity index (χ1v) is 5.76. The number of allylic oxidation sites excluding steroid dienone is 1. The monoisotopic (exact) mass is 308 g/mol. The van der Waals surface area contributed by atoms with Crippen LogP contribution >= 0.6 is 17.0 Å². The zero-order valence-corrected chi connectivity index (χ0v) is 12.8. The van der Waals surface area contributed by atoms with Crippen molar-refractivity contribution in [2.75, 3.05) is 33.8 Å². The van der Waals surface area contributed by atoms with Crippen LogP contribution < -0.4 is 5.73 Å². The quantitative estimate of drug-likeness (QED) is 0.422. The highest BCUT2D eigenvalue weighted by Gasteiger charge is 2.04. The number of halogens is 1. The summed E-state index contributed by atoms with van der Waals surface area (Å²) < 4.78 is 5.10. The Balaban J connectivity index is 0. The first kappa shape index (κ1) is 19.0. The summed E-state index contributed by atoms with van der Waals surface area (Å²) in [5.74, 6) is -0.213. The second-order valence-electron chi connectivity index (χ2n) is 4.11. The van der Waals surface area contributed by atoms with Crippen LogP contribution in [0.25, 0.3) is 0 Å². The largest absolute Gasteiger partial charge is 0.461 e. The molecule has 0 aromatic rings. The third-order valence-corrected chi connectivity index (χ3v) is 2.20. The van der Waals surface area contributed by atoms with E-state index < -0.39 is 0 Å². The summed E-state index contributed by atoms with van der Waals surface area (Å²) in [5.41, 5.74) is 6.07. The molecule has 17 heavy (non-hydrogen) atoms. The van der Waals surface area contributed by atoms with Crippen LogP contribution in [0.5, 0.6) is 0 Å². The number of esters is 1. The van der Waals surface area contributed by atoms with Gasteiger partial charge in [0.2, 0.25) is 0 Å². The van der Waals surface area contributed by atoms with Crippen molar-refractivity contribution in [2.45, 2.75) is 26.2 Å². The van der Waals surface area contributed by atoms with Gasteiger partial charge < -0.3 is 15.4 Å². The third kappa shape index (κ3) is 11.9. The molecule has 0 aliphatic rings. The first-order valence-electron chi connectivity index (χ1n) is 5.76. The molecular weight excluding hydrogens is 284 g/mol. The van der Waals surface area contributed by atoms with Crippen LogP contribution in [-0.2, 0) is 9.53 Å². The van der Waals surface area contributed by atoms with Crippen LogP contribution in [0.4, 0.5) is 0 Å². The number of ether oxygens (including phenoxy) is 1. The van der Waals surface area contributed by atoms with Crippen LogP contribution in [0.15, 0.2) is 11.6 Å². The number of nitrogens with zero attached hydrogens (tertiary/aromatic N) is 1. The molecule has 0 fully saturated rings. The molecule has 0 amide bonds. The van der Waals surface area contributed by atoms with Crippen molar-refractivity contribution < 1.29 is 9.53 Å². The van der Waals surface area contributed by atoms with Gasteiger partial charge in [0.15, 0.2) is 0 Å². The maximum absolute atomic E-state index is 11.5. The summed E-state index contributed by atoms with van der Waals surface area (Å²) in [6.07, 6.45) is 4.84. The molecule has 0 atom stereocenters. The van der Waals surface area contributed by atoms with Gasteiger partial charge in [0.25, 0.3) is 0 Å². The van der Waals surface area contributed by atoms with Crippen LogP contribution in [0.3, 0.4) is 0 Å². The molecule has 0 aliphatic carbocycles. The fourth-order valence-corrected chi connectivity index (χ4v) is 1.13. The van der Waals surface area contributed by atoms with Crippen molar-refractivity contribution in [3.8, 4) is 0 Å². The SMILES string of the molecule is Br.CC(=CCCCCN)C(=O)OCCN(C)C. The first-order chi connectivity index (χ1) is 7.57. The van der Waals surface area contributed by atoms with E-state index in [9.17, 15) is 4.79 Å². The molecule has 2 N–H and O–H groups in total. The second kappa shape index (κ2) is 12.1. The molecular formula is C12H25BrN2O2. The Bertz CT molecular complexity index is 231. The number of rotatable bonds is 8. The molecule has 0 aromatic carbocycles. The molecule has 0 bridgehead atoms. The Labute approximate surface area is 115 Å². The Morgan fingerprint density at radius 1 is 1.35 bits per heavy atom. The molecule has 5 heteroatoms. The van der Waals surface area contributed by atoms with Gasteiger partial charge in [-0.05, 0) is 46.8 Å². The zero-order valence-electron chi connectivity index (χ0n) is 11.1. The number of likely N-dealkylation sites (N-methyl/N-ethyl adjacent to an activating group) is 1. The number of nitrogens with two attached hydrogens (primary N) is 1. The predicted molar refractivity (Wildman–Crippen MR) is 76.5 cm³/mol. The molecule has 0 aliphatic heterocycles. The van der Waals surface area contributed by atoms with Crippen LogP contribution in [0.1, 0.15) is 26.2 Å². The topological polar surface area (TPSA) is 55.6 Å². The van der Waals surface area contributed by atoms with Gasteiger partial charge in [0.1, 0.15) is 6.61 Å². The minimum absolute atomic E-state index is 0. The summed E-state index contributed by atoms with van der Waals surface area (Å²) in [6.45, 7) is 3.70. The van der Waals surface area contributed by atoms with Crippen LogP contribution in [0, 0.1) is 0 Å².